The maximum absolute atomic E-state index is 12.8. The fraction of sp³-hybridized carbons (Fsp3) is 0.350. The van der Waals surface area contributed by atoms with Crippen molar-refractivity contribution in [2.75, 3.05) is 31.1 Å². The Hall–Kier alpha value is -3.09. The second-order valence-electron chi connectivity index (χ2n) is 6.63. The van der Waals surface area contributed by atoms with E-state index in [4.69, 9.17) is 9.47 Å². The van der Waals surface area contributed by atoms with Crippen molar-refractivity contribution in [3.8, 4) is 11.6 Å². The number of ether oxygens (including phenoxy) is 2. The molecular weight excluding hydrogens is 346 g/mol. The third-order valence-electron chi connectivity index (χ3n) is 4.76. The van der Waals surface area contributed by atoms with Gasteiger partial charge in [-0.2, -0.15) is 0 Å². The van der Waals surface area contributed by atoms with Crippen LogP contribution in [0.3, 0.4) is 0 Å². The highest BCUT2D eigenvalue weighted by Crippen LogP contribution is 2.31. The van der Waals surface area contributed by atoms with Crippen LogP contribution in [0.25, 0.3) is 0 Å². The van der Waals surface area contributed by atoms with Crippen LogP contribution >= 0.6 is 0 Å². The summed E-state index contributed by atoms with van der Waals surface area (Å²) in [7, 11) is 0. The number of carbonyl (C=O) groups is 2. The fourth-order valence-corrected chi connectivity index (χ4v) is 3.41. The standard InChI is InChI=1S/C20H21N3O4/c24-19(13-23-16-7-1-2-8-17(16)26-14-20(23)25)22-11-5-6-15(12-22)27-18-9-3-4-10-21-18/h1-4,7-10,15H,5-6,11-14H2. The highest BCUT2D eigenvalue weighted by Gasteiger charge is 2.31. The first-order valence-corrected chi connectivity index (χ1v) is 9.08. The average molecular weight is 367 g/mol. The van der Waals surface area contributed by atoms with Gasteiger partial charge in [0.1, 0.15) is 18.4 Å². The summed E-state index contributed by atoms with van der Waals surface area (Å²) in [6.45, 7) is 1.13. The molecule has 0 aliphatic carbocycles. The van der Waals surface area contributed by atoms with Gasteiger partial charge in [-0.15, -0.1) is 0 Å². The van der Waals surface area contributed by atoms with E-state index in [1.54, 1.807) is 23.2 Å². The Kier molecular flexibility index (Phi) is 4.91. The van der Waals surface area contributed by atoms with Crippen molar-refractivity contribution >= 4 is 17.5 Å². The van der Waals surface area contributed by atoms with Gasteiger partial charge in [0.05, 0.1) is 12.2 Å². The monoisotopic (exact) mass is 367 g/mol. The van der Waals surface area contributed by atoms with Crippen LogP contribution in [0.15, 0.2) is 48.7 Å². The Balaban J connectivity index is 1.41. The third-order valence-corrected chi connectivity index (χ3v) is 4.76. The van der Waals surface area contributed by atoms with Gasteiger partial charge in [-0.05, 0) is 31.0 Å². The molecule has 0 N–H and O–H groups in total. The minimum Gasteiger partial charge on any atom is -0.482 e. The van der Waals surface area contributed by atoms with Crippen molar-refractivity contribution < 1.29 is 19.1 Å². The average Bonchev–Trinajstić information content (AvgIpc) is 2.71. The molecule has 27 heavy (non-hydrogen) atoms. The van der Waals surface area contributed by atoms with E-state index in [0.717, 1.165) is 12.8 Å². The maximum atomic E-state index is 12.8. The molecule has 0 bridgehead atoms. The van der Waals surface area contributed by atoms with Gasteiger partial charge in [0.15, 0.2) is 6.61 Å². The summed E-state index contributed by atoms with van der Waals surface area (Å²) < 4.78 is 11.3. The van der Waals surface area contributed by atoms with E-state index in [1.165, 1.54) is 4.90 Å². The SMILES string of the molecule is O=C(CN1C(=O)COc2ccccc21)N1CCCC(Oc2ccccn2)C1. The molecule has 2 aliphatic rings. The van der Waals surface area contributed by atoms with E-state index in [0.29, 0.717) is 30.4 Å². The first-order chi connectivity index (χ1) is 13.2. The van der Waals surface area contributed by atoms with Crippen LogP contribution in [0.4, 0.5) is 5.69 Å². The largest absolute Gasteiger partial charge is 0.482 e. The topological polar surface area (TPSA) is 72.0 Å². The second kappa shape index (κ2) is 7.65. The zero-order valence-corrected chi connectivity index (χ0v) is 14.9. The fourth-order valence-electron chi connectivity index (χ4n) is 3.41. The first kappa shape index (κ1) is 17.3. The molecule has 1 fully saturated rings. The summed E-state index contributed by atoms with van der Waals surface area (Å²) in [5.74, 6) is 0.892. The lowest BCUT2D eigenvalue weighted by Crippen LogP contribution is -2.50. The van der Waals surface area contributed by atoms with Crippen LogP contribution in [0.2, 0.25) is 0 Å². The van der Waals surface area contributed by atoms with E-state index in [1.807, 2.05) is 30.3 Å². The number of piperidine rings is 1. The number of hydrogen-bond donors (Lipinski definition) is 0. The highest BCUT2D eigenvalue weighted by molar-refractivity contribution is 6.02. The Morgan fingerprint density at radius 1 is 1.22 bits per heavy atom. The molecule has 2 aliphatic heterocycles. The van der Waals surface area contributed by atoms with E-state index in [9.17, 15) is 9.59 Å². The Labute approximate surface area is 157 Å². The van der Waals surface area contributed by atoms with Gasteiger partial charge in [0, 0.05) is 18.8 Å². The van der Waals surface area contributed by atoms with Gasteiger partial charge in [-0.1, -0.05) is 18.2 Å². The number of benzene rings is 1. The van der Waals surface area contributed by atoms with Crippen molar-refractivity contribution in [1.29, 1.82) is 0 Å². The first-order valence-electron chi connectivity index (χ1n) is 9.08. The number of likely N-dealkylation sites (tertiary alicyclic amines) is 1. The minimum atomic E-state index is -0.208. The van der Waals surface area contributed by atoms with Crippen LogP contribution in [0.5, 0.6) is 11.6 Å². The van der Waals surface area contributed by atoms with Crippen molar-refractivity contribution in [3.05, 3.63) is 48.7 Å². The lowest BCUT2D eigenvalue weighted by atomic mass is 10.1. The van der Waals surface area contributed by atoms with Gasteiger partial charge in [-0.25, -0.2) is 4.98 Å². The predicted octanol–water partition coefficient (Wildman–Crippen LogP) is 1.88. The van der Waals surface area contributed by atoms with Crippen molar-refractivity contribution in [1.82, 2.24) is 9.88 Å². The number of carbonyl (C=O) groups excluding carboxylic acids is 2. The maximum Gasteiger partial charge on any atom is 0.265 e. The Morgan fingerprint density at radius 2 is 2.07 bits per heavy atom. The van der Waals surface area contributed by atoms with Gasteiger partial charge in [0.25, 0.3) is 5.91 Å². The van der Waals surface area contributed by atoms with Gasteiger partial charge >= 0.3 is 0 Å². The molecule has 3 heterocycles. The highest BCUT2D eigenvalue weighted by atomic mass is 16.5. The Bertz CT molecular complexity index is 827. The number of nitrogens with zero attached hydrogens (tertiary/aromatic N) is 3. The molecule has 7 heteroatoms. The van der Waals surface area contributed by atoms with Gasteiger partial charge in [0.2, 0.25) is 11.8 Å². The zero-order valence-electron chi connectivity index (χ0n) is 14.9. The van der Waals surface area contributed by atoms with Gasteiger partial charge < -0.3 is 14.4 Å². The zero-order chi connectivity index (χ0) is 18.6. The molecule has 1 unspecified atom stereocenters. The molecule has 2 amide bonds. The molecule has 140 valence electrons. The van der Waals surface area contributed by atoms with E-state index < -0.39 is 0 Å². The van der Waals surface area contributed by atoms with Crippen LogP contribution in [0, 0.1) is 0 Å². The lowest BCUT2D eigenvalue weighted by Gasteiger charge is -2.35. The van der Waals surface area contributed by atoms with Crippen molar-refractivity contribution in [3.63, 3.8) is 0 Å². The number of amides is 2. The number of aromatic nitrogens is 1. The van der Waals surface area contributed by atoms with Crippen LogP contribution < -0.4 is 14.4 Å². The molecule has 1 aromatic heterocycles. The number of hydrogen-bond acceptors (Lipinski definition) is 5. The predicted molar refractivity (Wildman–Crippen MR) is 98.8 cm³/mol. The second-order valence-corrected chi connectivity index (χ2v) is 6.63. The molecule has 0 saturated carbocycles. The smallest absolute Gasteiger partial charge is 0.265 e. The number of fused-ring (bicyclic) bond motifs is 1. The third kappa shape index (κ3) is 3.86. The van der Waals surface area contributed by atoms with Crippen LogP contribution in [-0.4, -0.2) is 54.0 Å². The van der Waals surface area contributed by atoms with E-state index >= 15 is 0 Å². The molecule has 1 atom stereocenters. The summed E-state index contributed by atoms with van der Waals surface area (Å²) in [4.78, 5) is 32.6. The van der Waals surface area contributed by atoms with E-state index in [-0.39, 0.29) is 31.1 Å². The van der Waals surface area contributed by atoms with E-state index in [2.05, 4.69) is 4.98 Å². The molecule has 4 rings (SSSR count). The van der Waals surface area contributed by atoms with Crippen molar-refractivity contribution in [2.45, 2.75) is 18.9 Å². The number of para-hydroxylation sites is 2. The Morgan fingerprint density at radius 3 is 2.93 bits per heavy atom. The number of pyridine rings is 1. The van der Waals surface area contributed by atoms with Crippen LogP contribution in [-0.2, 0) is 9.59 Å². The molecule has 0 spiro atoms. The minimum absolute atomic E-state index is 0.00944. The molecule has 0 radical (unpaired) electrons. The summed E-state index contributed by atoms with van der Waals surface area (Å²) in [6.07, 6.45) is 3.32. The summed E-state index contributed by atoms with van der Waals surface area (Å²) in [5.41, 5.74) is 0.639. The summed E-state index contributed by atoms with van der Waals surface area (Å²) >= 11 is 0. The quantitative estimate of drug-likeness (QED) is 0.825. The lowest BCUT2D eigenvalue weighted by molar-refractivity contribution is -0.134. The number of anilines is 1. The molecule has 2 aromatic rings. The summed E-state index contributed by atoms with van der Waals surface area (Å²) in [5, 5.41) is 0. The van der Waals surface area contributed by atoms with Gasteiger partial charge in [-0.3, -0.25) is 14.5 Å². The van der Waals surface area contributed by atoms with Crippen LogP contribution in [0.1, 0.15) is 12.8 Å². The normalized spacial score (nSPS) is 19.3. The molecule has 1 aromatic carbocycles. The molecule has 1 saturated heterocycles. The summed E-state index contributed by atoms with van der Waals surface area (Å²) in [6, 6.07) is 12.8. The molecular formula is C20H21N3O4. The van der Waals surface area contributed by atoms with Crippen molar-refractivity contribution in [2.24, 2.45) is 0 Å². The molecule has 7 nitrogen and oxygen atoms in total. The number of rotatable bonds is 4.